The van der Waals surface area contributed by atoms with Gasteiger partial charge >= 0.3 is 0 Å². The van der Waals surface area contributed by atoms with Gasteiger partial charge < -0.3 is 16.0 Å². The van der Waals surface area contributed by atoms with Crippen LogP contribution in [0.3, 0.4) is 0 Å². The van der Waals surface area contributed by atoms with Gasteiger partial charge in [-0.25, -0.2) is 0 Å². The second kappa shape index (κ2) is 6.58. The van der Waals surface area contributed by atoms with Crippen LogP contribution >= 0.6 is 15.9 Å². The number of nitrogens with two attached hydrogens (primary N) is 1. The van der Waals surface area contributed by atoms with E-state index in [1.165, 1.54) is 6.92 Å². The fraction of sp³-hybridized carbons (Fsp3) is 0.294. The van der Waals surface area contributed by atoms with E-state index in [1.807, 2.05) is 19.9 Å². The molecule has 1 aromatic heterocycles. The SMILES string of the molecule is CCc1c(C(=O)Nc2cc(Br)cc(C)c2N)[nH]c(C)c1C(C)=O. The second-order valence-corrected chi connectivity index (χ2v) is 6.44. The molecule has 2 aromatic rings. The summed E-state index contributed by atoms with van der Waals surface area (Å²) in [6.07, 6.45) is 0.592. The lowest BCUT2D eigenvalue weighted by molar-refractivity contribution is 0.101. The first kappa shape index (κ1) is 17.3. The zero-order chi connectivity index (χ0) is 17.3. The van der Waals surface area contributed by atoms with Crippen LogP contribution in [0, 0.1) is 13.8 Å². The molecule has 122 valence electrons. The summed E-state index contributed by atoms with van der Waals surface area (Å²) in [7, 11) is 0. The van der Waals surface area contributed by atoms with Gasteiger partial charge in [-0.3, -0.25) is 9.59 Å². The van der Waals surface area contributed by atoms with Gasteiger partial charge in [-0.2, -0.15) is 0 Å². The molecule has 0 aliphatic heterocycles. The second-order valence-electron chi connectivity index (χ2n) is 5.53. The van der Waals surface area contributed by atoms with E-state index in [2.05, 4.69) is 26.2 Å². The molecular weight excluding hydrogens is 358 g/mol. The number of anilines is 2. The van der Waals surface area contributed by atoms with Crippen LogP contribution in [-0.4, -0.2) is 16.7 Å². The molecule has 0 unspecified atom stereocenters. The van der Waals surface area contributed by atoms with Crippen LogP contribution in [0.4, 0.5) is 11.4 Å². The molecule has 0 aliphatic rings. The summed E-state index contributed by atoms with van der Waals surface area (Å²) in [6.45, 7) is 7.10. The van der Waals surface area contributed by atoms with Gasteiger partial charge in [0.15, 0.2) is 5.78 Å². The van der Waals surface area contributed by atoms with Crippen LogP contribution in [0.25, 0.3) is 0 Å². The highest BCUT2D eigenvalue weighted by atomic mass is 79.9. The Hall–Kier alpha value is -2.08. The zero-order valence-corrected chi connectivity index (χ0v) is 15.2. The van der Waals surface area contributed by atoms with Gasteiger partial charge in [-0.05, 0) is 50.5 Å². The van der Waals surface area contributed by atoms with Gasteiger partial charge in [-0.1, -0.05) is 22.9 Å². The molecule has 0 spiro atoms. The average molecular weight is 378 g/mol. The Morgan fingerprint density at radius 1 is 1.30 bits per heavy atom. The number of nitrogens with one attached hydrogen (secondary N) is 2. The van der Waals surface area contributed by atoms with Crippen LogP contribution < -0.4 is 11.1 Å². The lowest BCUT2D eigenvalue weighted by Crippen LogP contribution is -2.16. The number of Topliss-reactive ketones (excluding diaryl/α,β-unsaturated/α-hetero) is 1. The van der Waals surface area contributed by atoms with E-state index in [4.69, 9.17) is 5.73 Å². The smallest absolute Gasteiger partial charge is 0.272 e. The number of hydrogen-bond acceptors (Lipinski definition) is 3. The summed E-state index contributed by atoms with van der Waals surface area (Å²) >= 11 is 3.40. The van der Waals surface area contributed by atoms with E-state index in [0.29, 0.717) is 34.7 Å². The number of carbonyl (C=O) groups is 2. The Bertz CT molecular complexity index is 794. The summed E-state index contributed by atoms with van der Waals surface area (Å²) in [5.41, 5.74) is 10.4. The Morgan fingerprint density at radius 3 is 2.52 bits per heavy atom. The molecule has 1 heterocycles. The molecule has 1 amide bonds. The number of hydrogen-bond donors (Lipinski definition) is 3. The molecule has 0 radical (unpaired) electrons. The van der Waals surface area contributed by atoms with Crippen molar-refractivity contribution in [3.05, 3.63) is 44.7 Å². The van der Waals surface area contributed by atoms with Crippen molar-refractivity contribution in [1.82, 2.24) is 4.98 Å². The molecule has 0 saturated heterocycles. The van der Waals surface area contributed by atoms with Crippen molar-refractivity contribution in [2.45, 2.75) is 34.1 Å². The highest BCUT2D eigenvalue weighted by Crippen LogP contribution is 2.29. The van der Waals surface area contributed by atoms with Crippen molar-refractivity contribution in [2.24, 2.45) is 0 Å². The normalized spacial score (nSPS) is 10.7. The number of aryl methyl sites for hydroxylation is 2. The number of H-pyrrole nitrogens is 1. The Kier molecular flexibility index (Phi) is 4.94. The lowest BCUT2D eigenvalue weighted by atomic mass is 10.0. The molecule has 0 fully saturated rings. The third-order valence-electron chi connectivity index (χ3n) is 3.82. The molecule has 4 N–H and O–H groups in total. The number of aromatic nitrogens is 1. The Labute approximate surface area is 143 Å². The minimum absolute atomic E-state index is 0.0486. The van der Waals surface area contributed by atoms with Crippen molar-refractivity contribution in [1.29, 1.82) is 0 Å². The number of aromatic amines is 1. The summed E-state index contributed by atoms with van der Waals surface area (Å²) in [5, 5.41) is 2.83. The molecule has 0 saturated carbocycles. The number of nitrogen functional groups attached to an aromatic ring is 1. The van der Waals surface area contributed by atoms with Gasteiger partial charge in [0.05, 0.1) is 11.4 Å². The highest BCUT2D eigenvalue weighted by Gasteiger charge is 2.22. The fourth-order valence-electron chi connectivity index (χ4n) is 2.74. The maximum atomic E-state index is 12.6. The number of carbonyl (C=O) groups excluding carboxylic acids is 2. The monoisotopic (exact) mass is 377 g/mol. The third-order valence-corrected chi connectivity index (χ3v) is 4.28. The number of amides is 1. The van der Waals surface area contributed by atoms with Crippen molar-refractivity contribution in [3.63, 3.8) is 0 Å². The number of ketones is 1. The van der Waals surface area contributed by atoms with E-state index in [9.17, 15) is 9.59 Å². The summed E-state index contributed by atoms with van der Waals surface area (Å²) in [5.74, 6) is -0.353. The molecule has 5 nitrogen and oxygen atoms in total. The van der Waals surface area contributed by atoms with E-state index < -0.39 is 0 Å². The predicted octanol–water partition coefficient (Wildman–Crippen LogP) is 3.99. The van der Waals surface area contributed by atoms with Gasteiger partial charge in [0.25, 0.3) is 5.91 Å². The highest BCUT2D eigenvalue weighted by molar-refractivity contribution is 9.10. The Balaban J connectivity index is 2.43. The van der Waals surface area contributed by atoms with Crippen LogP contribution in [0.2, 0.25) is 0 Å². The number of halogens is 1. The maximum Gasteiger partial charge on any atom is 0.272 e. The topological polar surface area (TPSA) is 88.0 Å². The molecule has 0 atom stereocenters. The number of benzene rings is 1. The molecular formula is C17H20BrN3O2. The van der Waals surface area contributed by atoms with E-state index >= 15 is 0 Å². The van der Waals surface area contributed by atoms with Crippen molar-refractivity contribution >= 4 is 39.0 Å². The van der Waals surface area contributed by atoms with Crippen molar-refractivity contribution < 1.29 is 9.59 Å². The van der Waals surface area contributed by atoms with Crippen LogP contribution in [-0.2, 0) is 6.42 Å². The zero-order valence-electron chi connectivity index (χ0n) is 13.6. The van der Waals surface area contributed by atoms with E-state index in [-0.39, 0.29) is 11.7 Å². The third kappa shape index (κ3) is 3.32. The van der Waals surface area contributed by atoms with Gasteiger partial charge in [-0.15, -0.1) is 0 Å². The molecule has 6 heteroatoms. The molecule has 2 rings (SSSR count). The van der Waals surface area contributed by atoms with Crippen LogP contribution in [0.15, 0.2) is 16.6 Å². The van der Waals surface area contributed by atoms with E-state index in [0.717, 1.165) is 15.6 Å². The largest absolute Gasteiger partial charge is 0.397 e. The van der Waals surface area contributed by atoms with Gasteiger partial charge in [0, 0.05) is 15.7 Å². The molecule has 1 aromatic carbocycles. The van der Waals surface area contributed by atoms with Crippen LogP contribution in [0.1, 0.15) is 51.5 Å². The van der Waals surface area contributed by atoms with Crippen molar-refractivity contribution in [3.8, 4) is 0 Å². The first-order chi connectivity index (χ1) is 10.8. The van der Waals surface area contributed by atoms with E-state index in [1.54, 1.807) is 13.0 Å². The lowest BCUT2D eigenvalue weighted by Gasteiger charge is -2.11. The fourth-order valence-corrected chi connectivity index (χ4v) is 3.32. The first-order valence-electron chi connectivity index (χ1n) is 7.35. The summed E-state index contributed by atoms with van der Waals surface area (Å²) in [6, 6.07) is 3.64. The summed E-state index contributed by atoms with van der Waals surface area (Å²) < 4.78 is 0.835. The van der Waals surface area contributed by atoms with Gasteiger partial charge in [0.2, 0.25) is 0 Å². The van der Waals surface area contributed by atoms with Gasteiger partial charge in [0.1, 0.15) is 5.69 Å². The molecule has 0 bridgehead atoms. The average Bonchev–Trinajstić information content (AvgIpc) is 2.80. The number of rotatable bonds is 4. The Morgan fingerprint density at radius 2 is 1.96 bits per heavy atom. The minimum Gasteiger partial charge on any atom is -0.397 e. The predicted molar refractivity (Wildman–Crippen MR) is 96.2 cm³/mol. The minimum atomic E-state index is -0.304. The van der Waals surface area contributed by atoms with Crippen molar-refractivity contribution in [2.75, 3.05) is 11.1 Å². The maximum absolute atomic E-state index is 12.6. The van der Waals surface area contributed by atoms with Crippen LogP contribution in [0.5, 0.6) is 0 Å². The molecule has 23 heavy (non-hydrogen) atoms. The standard InChI is InChI=1S/C17H20BrN3O2/c1-5-12-14(10(4)22)9(3)20-16(12)17(23)21-13-7-11(18)6-8(2)15(13)19/h6-7,20H,5,19H2,1-4H3,(H,21,23). The first-order valence-corrected chi connectivity index (χ1v) is 8.14. The quantitative estimate of drug-likeness (QED) is 0.555. The summed E-state index contributed by atoms with van der Waals surface area (Å²) in [4.78, 5) is 27.5. The molecule has 0 aliphatic carbocycles.